The zero-order chi connectivity index (χ0) is 7.98. The van der Waals surface area contributed by atoms with Crippen molar-refractivity contribution in [2.75, 3.05) is 6.61 Å². The number of unbranched alkanes of at least 4 members (excludes halogenated alkanes) is 1. The van der Waals surface area contributed by atoms with Gasteiger partial charge in [0.05, 0.1) is 6.10 Å². The summed E-state index contributed by atoms with van der Waals surface area (Å²) in [5.41, 5.74) is 0. The summed E-state index contributed by atoms with van der Waals surface area (Å²) >= 11 is 3.08. The normalized spacial score (nSPS) is 13.1. The van der Waals surface area contributed by atoms with E-state index in [4.69, 9.17) is 10.2 Å². The van der Waals surface area contributed by atoms with Gasteiger partial charge in [0.1, 0.15) is 0 Å². The predicted molar refractivity (Wildman–Crippen MR) is 45.0 cm³/mol. The molecule has 1 unspecified atom stereocenters. The van der Waals surface area contributed by atoms with Gasteiger partial charge in [-0.3, -0.25) is 0 Å². The summed E-state index contributed by atoms with van der Waals surface area (Å²) < 4.78 is 0.616. The maximum Gasteiger partial charge on any atom is 0.0848 e. The van der Waals surface area contributed by atoms with E-state index in [1.54, 1.807) is 0 Å². The summed E-state index contributed by atoms with van der Waals surface area (Å²) in [5, 5.41) is 17.5. The summed E-state index contributed by atoms with van der Waals surface area (Å²) in [7, 11) is 0. The van der Waals surface area contributed by atoms with Gasteiger partial charge in [0.2, 0.25) is 0 Å². The molecule has 0 rings (SSSR count). The van der Waals surface area contributed by atoms with Crippen molar-refractivity contribution in [3.63, 3.8) is 0 Å². The molecule has 1 atom stereocenters. The van der Waals surface area contributed by atoms with Crippen molar-refractivity contribution in [3.05, 3.63) is 11.1 Å². The van der Waals surface area contributed by atoms with E-state index >= 15 is 0 Å². The zero-order valence-corrected chi connectivity index (χ0v) is 7.47. The molecular formula is C7H13BrO2. The highest BCUT2D eigenvalue weighted by Crippen LogP contribution is 2.13. The van der Waals surface area contributed by atoms with Gasteiger partial charge in [-0.2, -0.15) is 0 Å². The van der Waals surface area contributed by atoms with Crippen LogP contribution in [0.4, 0.5) is 0 Å². The van der Waals surface area contributed by atoms with Crippen molar-refractivity contribution in [1.82, 2.24) is 0 Å². The second-order valence-corrected chi connectivity index (χ2v) is 3.20. The van der Waals surface area contributed by atoms with Crippen molar-refractivity contribution in [1.29, 1.82) is 0 Å². The first-order valence-corrected chi connectivity index (χ1v) is 4.11. The van der Waals surface area contributed by atoms with Gasteiger partial charge < -0.3 is 10.2 Å². The molecule has 0 radical (unpaired) electrons. The fourth-order valence-corrected chi connectivity index (χ4v) is 0.835. The van der Waals surface area contributed by atoms with E-state index in [0.717, 1.165) is 12.8 Å². The molecule has 60 valence electrons. The Bertz CT molecular complexity index is 104. The van der Waals surface area contributed by atoms with E-state index in [2.05, 4.69) is 22.5 Å². The Morgan fingerprint density at radius 3 is 2.50 bits per heavy atom. The van der Waals surface area contributed by atoms with E-state index in [-0.39, 0.29) is 6.61 Å². The Balaban J connectivity index is 3.21. The maximum absolute atomic E-state index is 9.13. The third-order valence-corrected chi connectivity index (χ3v) is 1.78. The van der Waals surface area contributed by atoms with E-state index in [9.17, 15) is 0 Å². The molecule has 0 spiro atoms. The van der Waals surface area contributed by atoms with Gasteiger partial charge in [0.25, 0.3) is 0 Å². The van der Waals surface area contributed by atoms with Crippen molar-refractivity contribution >= 4 is 15.9 Å². The molecule has 2 nitrogen and oxygen atoms in total. The molecule has 0 heterocycles. The van der Waals surface area contributed by atoms with Crippen molar-refractivity contribution in [3.8, 4) is 0 Å². The zero-order valence-electron chi connectivity index (χ0n) is 5.89. The number of aliphatic hydroxyl groups excluding tert-OH is 2. The number of halogens is 1. The van der Waals surface area contributed by atoms with E-state index < -0.39 is 6.10 Å². The van der Waals surface area contributed by atoms with Gasteiger partial charge in [-0.15, -0.1) is 0 Å². The van der Waals surface area contributed by atoms with Gasteiger partial charge in [0.15, 0.2) is 0 Å². The molecule has 0 saturated carbocycles. The monoisotopic (exact) mass is 208 g/mol. The SMILES string of the molecule is C=C(Br)C(O)CCCCO. The Morgan fingerprint density at radius 2 is 2.10 bits per heavy atom. The number of hydrogen-bond acceptors (Lipinski definition) is 2. The number of rotatable bonds is 5. The highest BCUT2D eigenvalue weighted by molar-refractivity contribution is 9.11. The first-order valence-electron chi connectivity index (χ1n) is 3.31. The van der Waals surface area contributed by atoms with Gasteiger partial charge >= 0.3 is 0 Å². The third-order valence-electron chi connectivity index (χ3n) is 1.25. The lowest BCUT2D eigenvalue weighted by Gasteiger charge is -2.06. The molecule has 0 aromatic heterocycles. The van der Waals surface area contributed by atoms with Crippen LogP contribution in [0.3, 0.4) is 0 Å². The standard InChI is InChI=1S/C7H13BrO2/c1-6(8)7(10)4-2-3-5-9/h7,9-10H,1-5H2. The molecule has 0 aromatic rings. The topological polar surface area (TPSA) is 40.5 Å². The van der Waals surface area contributed by atoms with Crippen molar-refractivity contribution < 1.29 is 10.2 Å². The average Bonchev–Trinajstić information content (AvgIpc) is 1.88. The van der Waals surface area contributed by atoms with Crippen LogP contribution in [0.2, 0.25) is 0 Å². The number of hydrogen-bond donors (Lipinski definition) is 2. The first-order chi connectivity index (χ1) is 4.68. The van der Waals surface area contributed by atoms with Crippen LogP contribution in [0.5, 0.6) is 0 Å². The summed E-state index contributed by atoms with van der Waals surface area (Å²) in [6.07, 6.45) is 1.79. The fraction of sp³-hybridized carbons (Fsp3) is 0.714. The Labute approximate surface area is 69.7 Å². The van der Waals surface area contributed by atoms with Crippen LogP contribution in [-0.4, -0.2) is 22.9 Å². The average molecular weight is 209 g/mol. The van der Waals surface area contributed by atoms with Crippen LogP contribution in [0.25, 0.3) is 0 Å². The molecule has 0 aliphatic carbocycles. The fourth-order valence-electron chi connectivity index (χ4n) is 0.606. The van der Waals surface area contributed by atoms with Crippen molar-refractivity contribution in [2.24, 2.45) is 0 Å². The van der Waals surface area contributed by atoms with Crippen LogP contribution in [0.15, 0.2) is 11.1 Å². The van der Waals surface area contributed by atoms with Gasteiger partial charge in [0, 0.05) is 11.1 Å². The second kappa shape index (κ2) is 5.89. The van der Waals surface area contributed by atoms with Crippen LogP contribution < -0.4 is 0 Å². The lowest BCUT2D eigenvalue weighted by atomic mass is 10.1. The molecular weight excluding hydrogens is 196 g/mol. The second-order valence-electron chi connectivity index (χ2n) is 2.18. The minimum atomic E-state index is -0.466. The van der Waals surface area contributed by atoms with Gasteiger partial charge in [-0.05, 0) is 19.3 Å². The van der Waals surface area contributed by atoms with Crippen molar-refractivity contribution in [2.45, 2.75) is 25.4 Å². The Kier molecular flexibility index (Phi) is 5.97. The lowest BCUT2D eigenvalue weighted by molar-refractivity contribution is 0.199. The quantitative estimate of drug-likeness (QED) is 0.672. The van der Waals surface area contributed by atoms with E-state index in [0.29, 0.717) is 10.9 Å². The molecule has 0 aliphatic rings. The Morgan fingerprint density at radius 1 is 1.50 bits per heavy atom. The first kappa shape index (κ1) is 10.1. The molecule has 0 saturated heterocycles. The van der Waals surface area contributed by atoms with Crippen LogP contribution in [-0.2, 0) is 0 Å². The molecule has 10 heavy (non-hydrogen) atoms. The van der Waals surface area contributed by atoms with Gasteiger partial charge in [-0.25, -0.2) is 0 Å². The largest absolute Gasteiger partial charge is 0.396 e. The summed E-state index contributed by atoms with van der Waals surface area (Å²) in [5.74, 6) is 0. The number of aliphatic hydroxyl groups is 2. The molecule has 0 fully saturated rings. The molecule has 2 N–H and O–H groups in total. The maximum atomic E-state index is 9.13. The van der Waals surface area contributed by atoms with Crippen LogP contribution >= 0.6 is 15.9 Å². The highest BCUT2D eigenvalue weighted by atomic mass is 79.9. The molecule has 0 aliphatic heterocycles. The Hall–Kier alpha value is 0.140. The summed E-state index contributed by atoms with van der Waals surface area (Å²) in [6.45, 7) is 3.73. The molecule has 0 aromatic carbocycles. The lowest BCUT2D eigenvalue weighted by Crippen LogP contribution is -2.05. The molecule has 0 amide bonds. The summed E-state index contributed by atoms with van der Waals surface area (Å²) in [6, 6.07) is 0. The third kappa shape index (κ3) is 4.97. The smallest absolute Gasteiger partial charge is 0.0848 e. The summed E-state index contributed by atoms with van der Waals surface area (Å²) in [4.78, 5) is 0. The molecule has 3 heteroatoms. The van der Waals surface area contributed by atoms with Crippen LogP contribution in [0.1, 0.15) is 19.3 Å². The minimum absolute atomic E-state index is 0.196. The predicted octanol–water partition coefficient (Wildman–Crippen LogP) is 1.42. The molecule has 0 bridgehead atoms. The van der Waals surface area contributed by atoms with Gasteiger partial charge in [-0.1, -0.05) is 22.5 Å². The van der Waals surface area contributed by atoms with E-state index in [1.807, 2.05) is 0 Å². The van der Waals surface area contributed by atoms with E-state index in [1.165, 1.54) is 0 Å². The minimum Gasteiger partial charge on any atom is -0.396 e. The van der Waals surface area contributed by atoms with Crippen LogP contribution in [0, 0.1) is 0 Å². The highest BCUT2D eigenvalue weighted by Gasteiger charge is 2.03.